The van der Waals surface area contributed by atoms with Crippen LogP contribution in [0.4, 0.5) is 0 Å². The minimum Gasteiger partial charge on any atom is -0.467 e. The van der Waals surface area contributed by atoms with Crippen LogP contribution in [0.3, 0.4) is 0 Å². The molecule has 0 aliphatic rings. The van der Waals surface area contributed by atoms with E-state index in [-0.39, 0.29) is 12.3 Å². The van der Waals surface area contributed by atoms with Crippen molar-refractivity contribution < 1.29 is 14.3 Å². The molecular formula is C21H21NO3. The highest BCUT2D eigenvalue weighted by molar-refractivity contribution is 5.99. The predicted molar refractivity (Wildman–Crippen MR) is 98.1 cm³/mol. The van der Waals surface area contributed by atoms with Crippen molar-refractivity contribution in [3.63, 3.8) is 0 Å². The third kappa shape index (κ3) is 4.67. The Bertz CT molecular complexity index is 753. The number of ether oxygens (including phenoxy) is 1. The molecule has 2 rings (SSSR count). The number of hydrogen-bond donors (Lipinski definition) is 1. The van der Waals surface area contributed by atoms with E-state index in [1.807, 2.05) is 36.4 Å². The van der Waals surface area contributed by atoms with Crippen LogP contribution in [0.2, 0.25) is 0 Å². The fourth-order valence-electron chi connectivity index (χ4n) is 2.53. The molecule has 0 bridgehead atoms. The van der Waals surface area contributed by atoms with Crippen molar-refractivity contribution in [1.29, 1.82) is 0 Å². The fourth-order valence-corrected chi connectivity index (χ4v) is 2.53. The van der Waals surface area contributed by atoms with Crippen LogP contribution in [0, 0.1) is 0 Å². The van der Waals surface area contributed by atoms with Crippen molar-refractivity contribution in [3.05, 3.63) is 96.6 Å². The molecule has 4 nitrogen and oxygen atoms in total. The van der Waals surface area contributed by atoms with E-state index < -0.39 is 11.5 Å². The highest BCUT2D eigenvalue weighted by Gasteiger charge is 2.39. The van der Waals surface area contributed by atoms with E-state index in [1.165, 1.54) is 7.11 Å². The minimum absolute atomic E-state index is 0.267. The average molecular weight is 335 g/mol. The van der Waals surface area contributed by atoms with Crippen LogP contribution in [0.1, 0.15) is 15.9 Å². The number of carbonyl (C=O) groups excluding carboxylic acids is 2. The molecule has 0 radical (unpaired) electrons. The molecule has 0 saturated carbocycles. The van der Waals surface area contributed by atoms with Crippen LogP contribution >= 0.6 is 0 Å². The Hall–Kier alpha value is -3.14. The first-order valence-electron chi connectivity index (χ1n) is 7.91. The molecule has 0 unspecified atom stereocenters. The second kappa shape index (κ2) is 8.64. The molecule has 0 heterocycles. The van der Waals surface area contributed by atoms with E-state index in [2.05, 4.69) is 11.9 Å². The average Bonchev–Trinajstić information content (AvgIpc) is 2.66. The third-order valence-corrected chi connectivity index (χ3v) is 3.76. The molecule has 0 saturated heterocycles. The molecule has 1 atom stereocenters. The van der Waals surface area contributed by atoms with E-state index in [4.69, 9.17) is 4.74 Å². The quantitative estimate of drug-likeness (QED) is 0.624. The Morgan fingerprint density at radius 3 is 2.24 bits per heavy atom. The molecule has 0 aliphatic heterocycles. The van der Waals surface area contributed by atoms with E-state index in [1.54, 1.807) is 42.5 Å². The summed E-state index contributed by atoms with van der Waals surface area (Å²) in [6.07, 6.45) is 5.06. The van der Waals surface area contributed by atoms with E-state index in [9.17, 15) is 9.59 Å². The standard InChI is InChI=1S/C21H21NO3/c1-3-4-15-21(20(24)25-2,16-17-11-7-5-8-12-17)22-19(23)18-13-9-6-10-14-18/h3-15H,1,16H2,2H3,(H,22,23)/b15-4+/t21-/m0/s1. The number of methoxy groups -OCH3 is 1. The Labute approximate surface area is 147 Å². The number of benzene rings is 2. The second-order valence-electron chi connectivity index (χ2n) is 5.54. The van der Waals surface area contributed by atoms with Gasteiger partial charge in [-0.3, -0.25) is 4.79 Å². The smallest absolute Gasteiger partial charge is 0.336 e. The van der Waals surface area contributed by atoms with Gasteiger partial charge >= 0.3 is 5.97 Å². The monoisotopic (exact) mass is 335 g/mol. The van der Waals surface area contributed by atoms with Gasteiger partial charge in [-0.05, 0) is 23.8 Å². The molecule has 4 heteroatoms. The molecule has 1 amide bonds. The molecule has 25 heavy (non-hydrogen) atoms. The maximum atomic E-state index is 12.7. The summed E-state index contributed by atoms with van der Waals surface area (Å²) in [5.41, 5.74) is 0.0443. The molecule has 1 N–H and O–H groups in total. The van der Waals surface area contributed by atoms with Gasteiger partial charge in [0.15, 0.2) is 5.54 Å². The normalized spacial score (nSPS) is 13.0. The van der Waals surface area contributed by atoms with Crippen LogP contribution in [-0.4, -0.2) is 24.5 Å². The second-order valence-corrected chi connectivity index (χ2v) is 5.54. The number of nitrogens with one attached hydrogen (secondary N) is 1. The van der Waals surface area contributed by atoms with E-state index in [0.29, 0.717) is 5.56 Å². The number of amides is 1. The lowest BCUT2D eigenvalue weighted by Gasteiger charge is -2.29. The lowest BCUT2D eigenvalue weighted by atomic mass is 9.89. The number of esters is 1. The number of carbonyl (C=O) groups is 2. The molecule has 2 aromatic carbocycles. The van der Waals surface area contributed by atoms with Crippen molar-refractivity contribution in [1.82, 2.24) is 5.32 Å². The Morgan fingerprint density at radius 1 is 1.08 bits per heavy atom. The van der Waals surface area contributed by atoms with Gasteiger partial charge in [0.1, 0.15) is 0 Å². The van der Waals surface area contributed by atoms with Crippen LogP contribution < -0.4 is 5.32 Å². The number of rotatable bonds is 7. The molecule has 128 valence electrons. The topological polar surface area (TPSA) is 55.4 Å². The van der Waals surface area contributed by atoms with Gasteiger partial charge in [-0.25, -0.2) is 4.79 Å². The first-order valence-corrected chi connectivity index (χ1v) is 7.91. The fraction of sp³-hybridized carbons (Fsp3) is 0.143. The summed E-state index contributed by atoms with van der Waals surface area (Å²) >= 11 is 0. The summed E-state index contributed by atoms with van der Waals surface area (Å²) in [7, 11) is 1.30. The van der Waals surface area contributed by atoms with Gasteiger partial charge in [0.2, 0.25) is 0 Å². The van der Waals surface area contributed by atoms with Crippen LogP contribution in [0.25, 0.3) is 0 Å². The van der Waals surface area contributed by atoms with Crippen LogP contribution in [0.5, 0.6) is 0 Å². The Kier molecular flexibility index (Phi) is 6.29. The van der Waals surface area contributed by atoms with Gasteiger partial charge in [0.25, 0.3) is 5.91 Å². The Balaban J connectivity index is 2.41. The minimum atomic E-state index is -1.32. The van der Waals surface area contributed by atoms with Crippen molar-refractivity contribution in [3.8, 4) is 0 Å². The molecule has 0 aromatic heterocycles. The highest BCUT2D eigenvalue weighted by atomic mass is 16.5. The summed E-state index contributed by atoms with van der Waals surface area (Å²) in [5.74, 6) is -0.894. The van der Waals surface area contributed by atoms with Gasteiger partial charge in [-0.2, -0.15) is 0 Å². The van der Waals surface area contributed by atoms with Gasteiger partial charge in [-0.15, -0.1) is 0 Å². The van der Waals surface area contributed by atoms with Crippen molar-refractivity contribution in [2.75, 3.05) is 7.11 Å². The van der Waals surface area contributed by atoms with Gasteiger partial charge in [0, 0.05) is 12.0 Å². The summed E-state index contributed by atoms with van der Waals surface area (Å²) < 4.78 is 4.98. The van der Waals surface area contributed by atoms with E-state index >= 15 is 0 Å². The zero-order valence-corrected chi connectivity index (χ0v) is 14.1. The molecule has 0 fully saturated rings. The molecular weight excluding hydrogens is 314 g/mol. The van der Waals surface area contributed by atoms with Crippen molar-refractivity contribution in [2.24, 2.45) is 0 Å². The lowest BCUT2D eigenvalue weighted by molar-refractivity contribution is -0.146. The molecule has 0 aliphatic carbocycles. The largest absolute Gasteiger partial charge is 0.467 e. The Morgan fingerprint density at radius 2 is 1.68 bits per heavy atom. The summed E-state index contributed by atoms with van der Waals surface area (Å²) in [6, 6.07) is 18.2. The first-order chi connectivity index (χ1) is 12.1. The number of hydrogen-bond acceptors (Lipinski definition) is 3. The van der Waals surface area contributed by atoms with E-state index in [0.717, 1.165) is 5.56 Å². The maximum absolute atomic E-state index is 12.7. The van der Waals surface area contributed by atoms with Crippen LogP contribution in [-0.2, 0) is 16.0 Å². The van der Waals surface area contributed by atoms with Gasteiger partial charge in [0.05, 0.1) is 7.11 Å². The van der Waals surface area contributed by atoms with Crippen molar-refractivity contribution in [2.45, 2.75) is 12.0 Å². The van der Waals surface area contributed by atoms with Gasteiger partial charge in [-0.1, -0.05) is 67.3 Å². The number of allylic oxidation sites excluding steroid dienone is 2. The zero-order chi connectivity index (χ0) is 18.1. The maximum Gasteiger partial charge on any atom is 0.336 e. The predicted octanol–water partition coefficient (Wildman–Crippen LogP) is 3.31. The highest BCUT2D eigenvalue weighted by Crippen LogP contribution is 2.19. The van der Waals surface area contributed by atoms with Crippen molar-refractivity contribution >= 4 is 11.9 Å². The third-order valence-electron chi connectivity index (χ3n) is 3.76. The SMILES string of the molecule is C=C/C=C/[C@@](Cc1ccccc1)(NC(=O)c1ccccc1)C(=O)OC. The first kappa shape index (κ1) is 18.2. The molecule has 2 aromatic rings. The van der Waals surface area contributed by atoms with Crippen LogP contribution in [0.15, 0.2) is 85.5 Å². The summed E-state index contributed by atoms with van der Waals surface area (Å²) in [6.45, 7) is 3.64. The summed E-state index contributed by atoms with van der Waals surface area (Å²) in [4.78, 5) is 25.2. The summed E-state index contributed by atoms with van der Waals surface area (Å²) in [5, 5.41) is 2.83. The lowest BCUT2D eigenvalue weighted by Crippen LogP contribution is -2.55. The zero-order valence-electron chi connectivity index (χ0n) is 14.1. The van der Waals surface area contributed by atoms with Gasteiger partial charge < -0.3 is 10.1 Å². The molecule has 0 spiro atoms.